The number of hydrogen-bond acceptors (Lipinski definition) is 4. The molecule has 0 unspecified atom stereocenters. The molecule has 0 bridgehead atoms. The predicted octanol–water partition coefficient (Wildman–Crippen LogP) is 2.90. The van der Waals surface area contributed by atoms with Crippen LogP contribution in [0.25, 0.3) is 42.6 Å². The Morgan fingerprint density at radius 2 is 0.969 bits per heavy atom. The van der Waals surface area contributed by atoms with Gasteiger partial charge in [0.15, 0.2) is 0 Å². The first-order valence-electron chi connectivity index (χ1n) is 7.97. The topological polar surface area (TPSA) is 206 Å². The van der Waals surface area contributed by atoms with Crippen LogP contribution in [0.5, 0.6) is 0 Å². The maximum absolute atomic E-state index is 12.2. The van der Waals surface area contributed by atoms with Crippen LogP contribution in [0.4, 0.5) is 11.4 Å². The summed E-state index contributed by atoms with van der Waals surface area (Å²) < 4.78 is 0. The number of pyridine rings is 2. The molecule has 0 aliphatic heterocycles. The summed E-state index contributed by atoms with van der Waals surface area (Å²) in [6.07, 6.45) is 3.03. The van der Waals surface area contributed by atoms with Gasteiger partial charge in [0, 0.05) is 12.4 Å². The number of carbonyl (C=O) groups is 2. The molecule has 0 aliphatic carbocycles. The zero-order valence-electron chi connectivity index (χ0n) is 16.6. The van der Waals surface area contributed by atoms with Crippen molar-refractivity contribution in [1.82, 2.24) is 9.97 Å². The fraction of sp³-hybridized carbons (Fsp3) is 0. The average molecular weight is 482 g/mol. The van der Waals surface area contributed by atoms with Crippen LogP contribution in [0.2, 0.25) is 0 Å². The van der Waals surface area contributed by atoms with Crippen molar-refractivity contribution in [3.8, 4) is 0 Å². The van der Waals surface area contributed by atoms with Crippen molar-refractivity contribution < 1.29 is 55.9 Å². The van der Waals surface area contributed by atoms with Crippen molar-refractivity contribution >= 4 is 23.2 Å². The van der Waals surface area contributed by atoms with E-state index in [1.807, 2.05) is 0 Å². The molecular weight excluding hydrogens is 470 g/mol. The summed E-state index contributed by atoms with van der Waals surface area (Å²) in [6.45, 7) is 0. The maximum Gasteiger partial charge on any atom is 3.00 e. The van der Waals surface area contributed by atoms with Crippen molar-refractivity contribution in [2.75, 3.05) is 0 Å². The third-order valence-corrected chi connectivity index (χ3v) is 3.09. The maximum atomic E-state index is 12.2. The molecule has 12 nitrogen and oxygen atoms in total. The Morgan fingerprint density at radius 1 is 0.656 bits per heavy atom. The van der Waals surface area contributed by atoms with E-state index in [-0.39, 0.29) is 57.7 Å². The molecule has 2 amide bonds. The van der Waals surface area contributed by atoms with E-state index in [4.69, 9.17) is 22.1 Å². The molecule has 0 N–H and O–H groups in total. The number of hydrogen-bond donors (Lipinski definition) is 0. The van der Waals surface area contributed by atoms with Crippen molar-refractivity contribution in [2.24, 2.45) is 0 Å². The number of benzene rings is 1. The SMILES string of the molecule is O=C([N-]c1ccccc1[N-]C(=O)c1ccccn1)c1ccccn1.[Co+3].[N-]=[N+]=[N-].[N-]=[N+]=[N-].[Na+]. The van der Waals surface area contributed by atoms with Crippen molar-refractivity contribution in [1.29, 1.82) is 0 Å². The van der Waals surface area contributed by atoms with E-state index < -0.39 is 11.8 Å². The smallest absolute Gasteiger partial charge is 0.622 e. The normalized spacial score (nSPS) is 8.00. The molecule has 32 heavy (non-hydrogen) atoms. The average Bonchev–Trinajstić information content (AvgIpc) is 2.77. The molecule has 0 saturated carbocycles. The number of para-hydroxylation sites is 2. The molecule has 0 fully saturated rings. The Bertz CT molecular complexity index is 957. The minimum absolute atomic E-state index is 0. The molecular formula is C18H12CoN10NaO2. The van der Waals surface area contributed by atoms with E-state index in [1.165, 1.54) is 22.2 Å². The fourth-order valence-electron chi connectivity index (χ4n) is 1.97. The second kappa shape index (κ2) is 18.4. The third kappa shape index (κ3) is 11.1. The number of carbonyl (C=O) groups excluding carboxylic acids is 2. The van der Waals surface area contributed by atoms with Gasteiger partial charge in [0.05, 0.1) is 11.4 Å². The molecule has 3 rings (SSSR count). The molecule has 1 aromatic carbocycles. The molecule has 0 aliphatic rings. The van der Waals surface area contributed by atoms with Crippen LogP contribution < -0.4 is 29.6 Å². The molecule has 2 heterocycles. The Morgan fingerprint density at radius 3 is 1.25 bits per heavy atom. The molecule has 3 aromatic rings. The minimum Gasteiger partial charge on any atom is -0.622 e. The second-order valence-electron chi connectivity index (χ2n) is 4.93. The van der Waals surface area contributed by atoms with Gasteiger partial charge in [-0.3, -0.25) is 19.8 Å². The number of nitrogens with zero attached hydrogens (tertiary/aromatic N) is 10. The van der Waals surface area contributed by atoms with Gasteiger partial charge in [0.2, 0.25) is 0 Å². The zero-order chi connectivity index (χ0) is 22.2. The first kappa shape index (κ1) is 30.8. The molecule has 0 saturated heterocycles. The Hall–Kier alpha value is -3.41. The quantitative estimate of drug-likeness (QED) is 0.238. The Balaban J connectivity index is 0. The van der Waals surface area contributed by atoms with Crippen molar-refractivity contribution in [3.05, 3.63) is 127 Å². The first-order valence-corrected chi connectivity index (χ1v) is 7.97. The Labute approximate surface area is 215 Å². The van der Waals surface area contributed by atoms with Gasteiger partial charge < -0.3 is 42.3 Å². The van der Waals surface area contributed by atoms with Gasteiger partial charge in [-0.15, -0.1) is 11.4 Å². The van der Waals surface area contributed by atoms with Crippen LogP contribution in [0.3, 0.4) is 0 Å². The monoisotopic (exact) mass is 482 g/mol. The van der Waals surface area contributed by atoms with Gasteiger partial charge in [-0.1, -0.05) is 36.4 Å². The fourth-order valence-corrected chi connectivity index (χ4v) is 1.97. The summed E-state index contributed by atoms with van der Waals surface area (Å²) in [6, 6.07) is 16.7. The molecule has 0 radical (unpaired) electrons. The second-order valence-corrected chi connectivity index (χ2v) is 4.93. The van der Waals surface area contributed by atoms with Crippen LogP contribution in [-0.4, -0.2) is 21.8 Å². The molecule has 14 heteroatoms. The molecule has 0 spiro atoms. The third-order valence-electron chi connectivity index (χ3n) is 3.09. The number of amides is 2. The van der Waals surface area contributed by atoms with Crippen molar-refractivity contribution in [3.63, 3.8) is 0 Å². The van der Waals surface area contributed by atoms with Crippen LogP contribution in [0.1, 0.15) is 21.0 Å². The summed E-state index contributed by atoms with van der Waals surface area (Å²) in [5.74, 6) is -0.993. The van der Waals surface area contributed by atoms with E-state index in [0.29, 0.717) is 11.4 Å². The van der Waals surface area contributed by atoms with E-state index in [0.717, 1.165) is 0 Å². The largest absolute Gasteiger partial charge is 3.00 e. The van der Waals surface area contributed by atoms with Gasteiger partial charge >= 0.3 is 46.3 Å². The van der Waals surface area contributed by atoms with E-state index in [2.05, 4.69) is 20.6 Å². The molecule has 156 valence electrons. The van der Waals surface area contributed by atoms with Crippen LogP contribution in [0, 0.1) is 0 Å². The van der Waals surface area contributed by atoms with Gasteiger partial charge in [0.1, 0.15) is 11.8 Å². The number of rotatable bonds is 4. The van der Waals surface area contributed by atoms with Crippen LogP contribution in [0.15, 0.2) is 73.1 Å². The standard InChI is InChI=1S/C18H14N4O2.Co.2N3.Na/c23-17(15-9-3-5-11-19-15)21-13-7-1-2-8-14(13)22-18(24)16-10-4-6-12-20-16;;2*1-3-2;/h1-12H,(H2,19,20,21,22,23,24);;;;/q;+3;2*-1;+1/p-2. The van der Waals surface area contributed by atoms with Gasteiger partial charge in [-0.2, -0.15) is 0 Å². The van der Waals surface area contributed by atoms with E-state index in [9.17, 15) is 9.59 Å². The van der Waals surface area contributed by atoms with E-state index >= 15 is 0 Å². The van der Waals surface area contributed by atoms with Gasteiger partial charge in [-0.05, 0) is 24.3 Å². The summed E-state index contributed by atoms with van der Waals surface area (Å²) in [5, 5.41) is 8.02. The zero-order valence-corrected chi connectivity index (χ0v) is 19.6. The number of aromatic nitrogens is 2. The van der Waals surface area contributed by atoms with Crippen molar-refractivity contribution in [2.45, 2.75) is 0 Å². The summed E-state index contributed by atoms with van der Waals surface area (Å²) in [5.41, 5.74) is 28.1. The predicted molar refractivity (Wildman–Crippen MR) is 110 cm³/mol. The first-order chi connectivity index (χ1) is 14.6. The minimum atomic E-state index is -0.497. The van der Waals surface area contributed by atoms with Crippen LogP contribution in [-0.2, 0) is 16.8 Å². The van der Waals surface area contributed by atoms with E-state index in [1.54, 1.807) is 60.7 Å². The summed E-state index contributed by atoms with van der Waals surface area (Å²) in [4.78, 5) is 35.2. The summed E-state index contributed by atoms with van der Waals surface area (Å²) >= 11 is 0. The molecule has 0 atom stereocenters. The molecule has 2 aromatic heterocycles. The Kier molecular flexibility index (Phi) is 17.7. The summed E-state index contributed by atoms with van der Waals surface area (Å²) in [7, 11) is 0. The van der Waals surface area contributed by atoms with Crippen LogP contribution >= 0.6 is 0 Å². The van der Waals surface area contributed by atoms with Gasteiger partial charge in [-0.25, -0.2) is 0 Å². The van der Waals surface area contributed by atoms with Gasteiger partial charge in [0.25, 0.3) is 0 Å².